The first-order valence-electron chi connectivity index (χ1n) is 9.77. The molecule has 9 nitrogen and oxygen atoms in total. The van der Waals surface area contributed by atoms with Gasteiger partial charge < -0.3 is 18.9 Å². The van der Waals surface area contributed by atoms with Crippen molar-refractivity contribution in [2.45, 2.75) is 51.4 Å². The smallest absolute Gasteiger partial charge is 0.494 e. The minimum atomic E-state index is -1.05. The number of unbranched alkanes of at least 4 members (excludes halogenated alkanes) is 1. The fourth-order valence-corrected chi connectivity index (χ4v) is 3.05. The molecule has 1 aromatic rings. The number of hydroxylamine groups is 2. The van der Waals surface area contributed by atoms with Crippen LogP contribution in [0.25, 0.3) is 0 Å². The first-order valence-corrected chi connectivity index (χ1v) is 9.77. The molecule has 2 fully saturated rings. The van der Waals surface area contributed by atoms with E-state index in [1.807, 2.05) is 31.2 Å². The zero-order chi connectivity index (χ0) is 20.6. The third-order valence-electron chi connectivity index (χ3n) is 4.52. The zero-order valence-electron chi connectivity index (χ0n) is 16.3. The molecular weight excluding hydrogens is 382 g/mol. The van der Waals surface area contributed by atoms with Gasteiger partial charge in [0.1, 0.15) is 5.75 Å². The van der Waals surface area contributed by atoms with Crippen LogP contribution in [0, 0.1) is 0 Å². The molecule has 0 saturated carbocycles. The van der Waals surface area contributed by atoms with Crippen molar-refractivity contribution >= 4 is 18.0 Å². The number of hydrogen-bond acceptors (Lipinski definition) is 8. The highest BCUT2D eigenvalue weighted by atomic mass is 16.8. The summed E-state index contributed by atoms with van der Waals surface area (Å²) in [6.45, 7) is 3.18. The van der Waals surface area contributed by atoms with Gasteiger partial charge in [-0.05, 0) is 38.3 Å². The minimum absolute atomic E-state index is 0.0293. The van der Waals surface area contributed by atoms with Crippen molar-refractivity contribution in [1.82, 2.24) is 5.06 Å². The molecule has 2 saturated heterocycles. The van der Waals surface area contributed by atoms with Gasteiger partial charge in [-0.25, -0.2) is 4.79 Å². The number of carbonyl (C=O) groups is 3. The maximum absolute atomic E-state index is 11.5. The van der Waals surface area contributed by atoms with E-state index < -0.39 is 24.3 Å². The third-order valence-corrected chi connectivity index (χ3v) is 4.52. The standard InChI is InChI=1S/C20H25NO8/c1-2-25-15-8-6-14(7-9-15)19-27-13-16(28-19)5-3-4-12-26-20(24)29-21-17(22)10-11-18(21)23/h6-9,16,19H,2-5,10-13H2,1H3. The highest BCUT2D eigenvalue weighted by Gasteiger charge is 2.33. The molecule has 1 aromatic carbocycles. The SMILES string of the molecule is CCOc1ccc(C2OCC(CCCCOC(=O)ON3C(=O)CCC3=O)O2)cc1. The van der Waals surface area contributed by atoms with Gasteiger partial charge in [-0.1, -0.05) is 17.2 Å². The second-order valence-electron chi connectivity index (χ2n) is 6.69. The number of ether oxygens (including phenoxy) is 4. The van der Waals surface area contributed by atoms with Crippen LogP contribution in [0.4, 0.5) is 4.79 Å². The highest BCUT2D eigenvalue weighted by molar-refractivity contribution is 6.01. The minimum Gasteiger partial charge on any atom is -0.494 e. The van der Waals surface area contributed by atoms with Gasteiger partial charge in [0.05, 0.1) is 25.9 Å². The molecular formula is C20H25NO8. The Balaban J connectivity index is 1.29. The van der Waals surface area contributed by atoms with Gasteiger partial charge in [-0.3, -0.25) is 14.4 Å². The van der Waals surface area contributed by atoms with Crippen LogP contribution in [-0.2, 0) is 28.6 Å². The Morgan fingerprint density at radius 3 is 2.55 bits per heavy atom. The summed E-state index contributed by atoms with van der Waals surface area (Å²) in [5.74, 6) is -0.261. The molecule has 0 aromatic heterocycles. The molecule has 0 radical (unpaired) electrons. The van der Waals surface area contributed by atoms with Crippen LogP contribution >= 0.6 is 0 Å². The van der Waals surface area contributed by atoms with Crippen molar-refractivity contribution in [3.8, 4) is 5.75 Å². The van der Waals surface area contributed by atoms with Crippen LogP contribution in [0.2, 0.25) is 0 Å². The van der Waals surface area contributed by atoms with Gasteiger partial charge >= 0.3 is 6.16 Å². The summed E-state index contributed by atoms with van der Waals surface area (Å²) in [5.41, 5.74) is 0.938. The summed E-state index contributed by atoms with van der Waals surface area (Å²) in [4.78, 5) is 38.9. The van der Waals surface area contributed by atoms with E-state index in [1.165, 1.54) is 0 Å². The molecule has 29 heavy (non-hydrogen) atoms. The molecule has 3 rings (SSSR count). The second kappa shape index (κ2) is 10.2. The van der Waals surface area contributed by atoms with Crippen LogP contribution in [0.5, 0.6) is 5.75 Å². The molecule has 0 spiro atoms. The predicted octanol–water partition coefficient (Wildman–Crippen LogP) is 2.89. The summed E-state index contributed by atoms with van der Waals surface area (Å²) < 4.78 is 21.9. The molecule has 2 amide bonds. The first-order chi connectivity index (χ1) is 14.1. The van der Waals surface area contributed by atoms with E-state index in [2.05, 4.69) is 4.84 Å². The molecule has 158 valence electrons. The molecule has 2 heterocycles. The fourth-order valence-electron chi connectivity index (χ4n) is 3.05. The summed E-state index contributed by atoms with van der Waals surface area (Å²) in [6, 6.07) is 7.62. The van der Waals surface area contributed by atoms with Crippen molar-refractivity contribution in [3.63, 3.8) is 0 Å². The Bertz CT molecular complexity index is 704. The lowest BCUT2D eigenvalue weighted by Crippen LogP contribution is -2.32. The summed E-state index contributed by atoms with van der Waals surface area (Å²) in [5, 5.41) is 0.465. The summed E-state index contributed by atoms with van der Waals surface area (Å²) in [6.07, 6.45) is 0.749. The van der Waals surface area contributed by atoms with E-state index in [0.717, 1.165) is 24.2 Å². The molecule has 2 unspecified atom stereocenters. The van der Waals surface area contributed by atoms with Gasteiger partial charge in [0.15, 0.2) is 6.29 Å². The Labute approximate surface area is 168 Å². The molecule has 2 atom stereocenters. The Kier molecular flexibility index (Phi) is 7.42. The number of imide groups is 1. The van der Waals surface area contributed by atoms with Gasteiger partial charge in [-0.15, -0.1) is 0 Å². The summed E-state index contributed by atoms with van der Waals surface area (Å²) >= 11 is 0. The van der Waals surface area contributed by atoms with E-state index in [9.17, 15) is 14.4 Å². The van der Waals surface area contributed by atoms with Crippen LogP contribution in [0.1, 0.15) is 50.9 Å². The Morgan fingerprint density at radius 1 is 1.14 bits per heavy atom. The average Bonchev–Trinajstić information content (AvgIpc) is 3.31. The lowest BCUT2D eigenvalue weighted by atomic mass is 10.1. The van der Waals surface area contributed by atoms with Gasteiger partial charge in [0.25, 0.3) is 11.8 Å². The fraction of sp³-hybridized carbons (Fsp3) is 0.550. The molecule has 0 bridgehead atoms. The molecule has 2 aliphatic heterocycles. The normalized spacial score (nSPS) is 21.5. The summed E-state index contributed by atoms with van der Waals surface area (Å²) in [7, 11) is 0. The van der Waals surface area contributed by atoms with Crippen molar-refractivity contribution < 1.29 is 38.2 Å². The number of rotatable bonds is 9. The third kappa shape index (κ3) is 5.91. The first kappa shape index (κ1) is 21.1. The average molecular weight is 407 g/mol. The van der Waals surface area contributed by atoms with E-state index in [-0.39, 0.29) is 25.6 Å². The van der Waals surface area contributed by atoms with E-state index >= 15 is 0 Å². The van der Waals surface area contributed by atoms with Crippen molar-refractivity contribution in [3.05, 3.63) is 29.8 Å². The van der Waals surface area contributed by atoms with E-state index in [4.69, 9.17) is 18.9 Å². The second-order valence-corrected chi connectivity index (χ2v) is 6.69. The van der Waals surface area contributed by atoms with E-state index in [0.29, 0.717) is 24.7 Å². The number of hydrogen-bond donors (Lipinski definition) is 0. The Hall–Kier alpha value is -2.65. The van der Waals surface area contributed by atoms with Gasteiger partial charge in [0, 0.05) is 18.4 Å². The lowest BCUT2D eigenvalue weighted by Gasteiger charge is -2.13. The molecule has 0 N–H and O–H groups in total. The maximum atomic E-state index is 11.5. The highest BCUT2D eigenvalue weighted by Crippen LogP contribution is 2.30. The predicted molar refractivity (Wildman–Crippen MR) is 98.5 cm³/mol. The quantitative estimate of drug-likeness (QED) is 0.350. The number of nitrogens with zero attached hydrogens (tertiary/aromatic N) is 1. The number of benzene rings is 1. The van der Waals surface area contributed by atoms with Gasteiger partial charge in [0.2, 0.25) is 0 Å². The van der Waals surface area contributed by atoms with Crippen molar-refractivity contribution in [1.29, 1.82) is 0 Å². The van der Waals surface area contributed by atoms with Crippen molar-refractivity contribution in [2.24, 2.45) is 0 Å². The molecule has 9 heteroatoms. The van der Waals surface area contributed by atoms with Gasteiger partial charge in [-0.2, -0.15) is 0 Å². The number of amides is 2. The Morgan fingerprint density at radius 2 is 1.86 bits per heavy atom. The van der Waals surface area contributed by atoms with Crippen LogP contribution in [0.15, 0.2) is 24.3 Å². The van der Waals surface area contributed by atoms with Crippen molar-refractivity contribution in [2.75, 3.05) is 19.8 Å². The largest absolute Gasteiger partial charge is 0.533 e. The maximum Gasteiger partial charge on any atom is 0.533 e. The molecule has 2 aliphatic rings. The van der Waals surface area contributed by atoms with Crippen LogP contribution in [-0.4, -0.2) is 49.0 Å². The van der Waals surface area contributed by atoms with E-state index in [1.54, 1.807) is 0 Å². The number of carbonyl (C=O) groups excluding carboxylic acids is 3. The monoisotopic (exact) mass is 407 g/mol. The lowest BCUT2D eigenvalue weighted by molar-refractivity contribution is -0.177. The zero-order valence-corrected chi connectivity index (χ0v) is 16.3. The topological polar surface area (TPSA) is 101 Å². The van der Waals surface area contributed by atoms with Crippen LogP contribution in [0.3, 0.4) is 0 Å². The van der Waals surface area contributed by atoms with Crippen LogP contribution < -0.4 is 4.74 Å². The molecule has 0 aliphatic carbocycles.